The lowest BCUT2D eigenvalue weighted by molar-refractivity contribution is -0.577. The number of hydrogen-bond acceptors (Lipinski definition) is 9. The van der Waals surface area contributed by atoms with E-state index in [0.29, 0.717) is 24.6 Å². The molecule has 42 heavy (non-hydrogen) atoms. The number of amides is 1. The highest BCUT2D eigenvalue weighted by Crippen LogP contribution is 2.60. The molecule has 5 aliphatic rings. The molecule has 1 saturated carbocycles. The Kier molecular flexibility index (Phi) is 8.01. The molecule has 5 fully saturated rings. The average Bonchev–Trinajstić information content (AvgIpc) is 3.35. The normalized spacial score (nSPS) is 35.2. The third-order valence-electron chi connectivity index (χ3n) is 9.29. The van der Waals surface area contributed by atoms with Gasteiger partial charge < -0.3 is 29.4 Å². The summed E-state index contributed by atoms with van der Waals surface area (Å²) in [4.78, 5) is 36.2. The molecule has 1 spiro atoms. The van der Waals surface area contributed by atoms with Crippen molar-refractivity contribution in [2.24, 2.45) is 23.7 Å². The summed E-state index contributed by atoms with van der Waals surface area (Å²) in [5.74, 6) is -1.08. The summed E-state index contributed by atoms with van der Waals surface area (Å²) in [6.45, 7) is 6.92. The minimum atomic E-state index is -1.12. The molecule has 4 saturated heterocycles. The summed E-state index contributed by atoms with van der Waals surface area (Å²) in [6, 6.07) is 6.18. The topological polar surface area (TPSA) is 140 Å². The van der Waals surface area contributed by atoms with Crippen molar-refractivity contribution in [1.29, 1.82) is 0 Å². The predicted octanol–water partition coefficient (Wildman–Crippen LogP) is 4.21. The first kappa shape index (κ1) is 29.1. The first-order chi connectivity index (χ1) is 20.2. The summed E-state index contributed by atoms with van der Waals surface area (Å²) >= 11 is 0. The standard InChI is InChI=1S/C30H39N3O9/c1-18-6-9-23-19(2)27(39-28-30(23)22(18)10-11-29(3,40-28)41-42-30)38-15-5-14-37-24-16-20(7-8-21(24)26(35)36)32-25(34)17-33-13-4-12-31-33/h4,7-8,12-13,16,18-19,22-23,27-28H,5-6,9-11,14-15,17H2,1-3H3,(H,32,34)(H,35,36)/t18-,19-,22?,23+,27+,28-,29-,30-/m1/s1. The fourth-order valence-corrected chi connectivity index (χ4v) is 7.14. The molecule has 2 N–H and O–H groups in total. The molecule has 1 aliphatic carbocycles. The van der Waals surface area contributed by atoms with Crippen molar-refractivity contribution in [3.05, 3.63) is 42.2 Å². The van der Waals surface area contributed by atoms with Gasteiger partial charge in [-0.3, -0.25) is 9.48 Å². The number of carbonyl (C=O) groups excluding carboxylic acids is 1. The average molecular weight is 586 g/mol. The first-order valence-electron chi connectivity index (χ1n) is 14.8. The second-order valence-corrected chi connectivity index (χ2v) is 12.1. The minimum Gasteiger partial charge on any atom is -0.493 e. The second kappa shape index (κ2) is 11.6. The Morgan fingerprint density at radius 2 is 2.02 bits per heavy atom. The van der Waals surface area contributed by atoms with Crippen molar-refractivity contribution in [3.63, 3.8) is 0 Å². The summed E-state index contributed by atoms with van der Waals surface area (Å²) in [5.41, 5.74) is -0.199. The first-order valence-corrected chi connectivity index (χ1v) is 14.8. The van der Waals surface area contributed by atoms with Crippen LogP contribution < -0.4 is 10.1 Å². The van der Waals surface area contributed by atoms with Gasteiger partial charge in [0, 0.05) is 48.8 Å². The molecule has 2 aromatic rings. The van der Waals surface area contributed by atoms with Crippen LogP contribution in [-0.4, -0.2) is 63.9 Å². The summed E-state index contributed by atoms with van der Waals surface area (Å²) < 4.78 is 26.4. The Bertz CT molecular complexity index is 1290. The number of rotatable bonds is 10. The van der Waals surface area contributed by atoms with Gasteiger partial charge in [0.15, 0.2) is 18.2 Å². The van der Waals surface area contributed by atoms with E-state index in [1.165, 1.54) is 22.9 Å². The maximum absolute atomic E-state index is 12.4. The Balaban J connectivity index is 1.05. The third-order valence-corrected chi connectivity index (χ3v) is 9.29. The number of hydrogen-bond donors (Lipinski definition) is 2. The van der Waals surface area contributed by atoms with E-state index in [1.807, 2.05) is 6.92 Å². The van der Waals surface area contributed by atoms with Crippen LogP contribution in [0.5, 0.6) is 5.75 Å². The zero-order valence-electron chi connectivity index (χ0n) is 24.2. The molecule has 5 heterocycles. The van der Waals surface area contributed by atoms with Crippen molar-refractivity contribution in [3.8, 4) is 5.75 Å². The smallest absolute Gasteiger partial charge is 0.339 e. The Hall–Kier alpha value is -3.03. The highest BCUT2D eigenvalue weighted by atomic mass is 17.3. The fraction of sp³-hybridized carbons (Fsp3) is 0.633. The summed E-state index contributed by atoms with van der Waals surface area (Å²) in [6.07, 6.45) is 6.54. The maximum atomic E-state index is 12.4. The Morgan fingerprint density at radius 3 is 2.81 bits per heavy atom. The van der Waals surface area contributed by atoms with E-state index >= 15 is 0 Å². The highest BCUT2D eigenvalue weighted by molar-refractivity contribution is 5.94. The van der Waals surface area contributed by atoms with E-state index in [9.17, 15) is 14.7 Å². The maximum Gasteiger partial charge on any atom is 0.339 e. The fourth-order valence-electron chi connectivity index (χ4n) is 7.14. The van der Waals surface area contributed by atoms with E-state index in [2.05, 4.69) is 24.3 Å². The number of carboxylic acid groups (broad SMARTS) is 1. The zero-order valence-corrected chi connectivity index (χ0v) is 24.2. The zero-order chi connectivity index (χ0) is 29.5. The van der Waals surface area contributed by atoms with Crippen LogP contribution in [-0.2, 0) is 35.3 Å². The molecule has 1 amide bonds. The summed E-state index contributed by atoms with van der Waals surface area (Å²) in [7, 11) is 0. The van der Waals surface area contributed by atoms with E-state index in [0.717, 1.165) is 25.7 Å². The molecule has 12 nitrogen and oxygen atoms in total. The number of ether oxygens (including phenoxy) is 4. The van der Waals surface area contributed by atoms with Crippen LogP contribution in [0.3, 0.4) is 0 Å². The Morgan fingerprint density at radius 1 is 1.17 bits per heavy atom. The van der Waals surface area contributed by atoms with Gasteiger partial charge >= 0.3 is 5.97 Å². The Labute approximate surface area is 244 Å². The molecule has 1 unspecified atom stereocenters. The van der Waals surface area contributed by atoms with Gasteiger partial charge in [-0.1, -0.05) is 13.8 Å². The molecular weight excluding hydrogens is 546 g/mol. The number of aromatic carboxylic acids is 1. The van der Waals surface area contributed by atoms with Crippen LogP contribution in [0.2, 0.25) is 0 Å². The van der Waals surface area contributed by atoms with Gasteiger partial charge in [0.1, 0.15) is 17.9 Å². The predicted molar refractivity (Wildman–Crippen MR) is 147 cm³/mol. The number of benzene rings is 1. The SMILES string of the molecule is C[C@H]1[C@@H](OCCCOc2cc(NC(=O)Cn3cccn3)ccc2C(=O)O)O[C@@H]2O[C@@]3(C)CCC4[C@H](C)CC[C@@H]1[C@]42OO3. The third kappa shape index (κ3) is 5.42. The minimum absolute atomic E-state index is 0.00730. The van der Waals surface area contributed by atoms with Crippen LogP contribution in [0.1, 0.15) is 63.2 Å². The number of carbonyl (C=O) groups is 2. The molecule has 228 valence electrons. The molecule has 2 bridgehead atoms. The number of nitrogens with one attached hydrogen (secondary N) is 1. The number of anilines is 1. The van der Waals surface area contributed by atoms with Gasteiger partial charge in [-0.05, 0) is 56.2 Å². The number of aromatic nitrogens is 2. The van der Waals surface area contributed by atoms with Crippen molar-refractivity contribution in [2.45, 2.75) is 83.4 Å². The lowest BCUT2D eigenvalue weighted by Gasteiger charge is -2.60. The molecule has 8 atom stereocenters. The molecule has 7 rings (SSSR count). The van der Waals surface area contributed by atoms with Gasteiger partial charge in [-0.15, -0.1) is 0 Å². The van der Waals surface area contributed by atoms with Gasteiger partial charge in [0.05, 0.1) is 13.2 Å². The largest absolute Gasteiger partial charge is 0.493 e. The van der Waals surface area contributed by atoms with E-state index < -0.39 is 29.9 Å². The number of carboxylic acids is 1. The van der Waals surface area contributed by atoms with Crippen LogP contribution in [0.25, 0.3) is 0 Å². The summed E-state index contributed by atoms with van der Waals surface area (Å²) in [5, 5.41) is 16.4. The molecule has 12 heteroatoms. The molecule has 0 radical (unpaired) electrons. The van der Waals surface area contributed by atoms with Crippen molar-refractivity contribution in [1.82, 2.24) is 9.78 Å². The quantitative estimate of drug-likeness (QED) is 0.308. The van der Waals surface area contributed by atoms with Gasteiger partial charge in [-0.2, -0.15) is 5.10 Å². The van der Waals surface area contributed by atoms with Crippen LogP contribution in [0.4, 0.5) is 5.69 Å². The van der Waals surface area contributed by atoms with Gasteiger partial charge in [-0.25, -0.2) is 14.6 Å². The van der Waals surface area contributed by atoms with E-state index in [4.69, 9.17) is 28.7 Å². The van der Waals surface area contributed by atoms with E-state index in [-0.39, 0.29) is 48.1 Å². The molecule has 1 aromatic heterocycles. The number of nitrogens with zero attached hydrogens (tertiary/aromatic N) is 2. The van der Waals surface area contributed by atoms with Gasteiger partial charge in [0.2, 0.25) is 11.7 Å². The lowest BCUT2D eigenvalue weighted by atomic mass is 9.58. The van der Waals surface area contributed by atoms with Gasteiger partial charge in [0.25, 0.3) is 0 Å². The monoisotopic (exact) mass is 585 g/mol. The van der Waals surface area contributed by atoms with E-state index in [1.54, 1.807) is 18.5 Å². The highest BCUT2D eigenvalue weighted by Gasteiger charge is 2.69. The van der Waals surface area contributed by atoms with Crippen LogP contribution in [0, 0.1) is 23.7 Å². The molecular formula is C30H39N3O9. The number of fused-ring (bicyclic) bond motifs is 2. The molecule has 4 aliphatic heterocycles. The molecule has 1 aromatic carbocycles. The van der Waals surface area contributed by atoms with Crippen molar-refractivity contribution < 1.29 is 43.4 Å². The van der Waals surface area contributed by atoms with Crippen molar-refractivity contribution in [2.75, 3.05) is 18.5 Å². The van der Waals surface area contributed by atoms with Crippen molar-refractivity contribution >= 4 is 17.6 Å². The second-order valence-electron chi connectivity index (χ2n) is 12.1. The van der Waals surface area contributed by atoms with Crippen LogP contribution >= 0.6 is 0 Å². The van der Waals surface area contributed by atoms with Crippen LogP contribution in [0.15, 0.2) is 36.7 Å². The lowest BCUT2D eigenvalue weighted by Crippen LogP contribution is -2.70.